The maximum atomic E-state index is 14.1. The molecular formula is C19H22FN3. The Balaban J connectivity index is 1.63. The Hall–Kier alpha value is -1.94. The molecule has 2 aliphatic rings. The molecule has 0 saturated carbocycles. The van der Waals surface area contributed by atoms with Gasteiger partial charge in [-0.15, -0.1) is 0 Å². The van der Waals surface area contributed by atoms with Gasteiger partial charge >= 0.3 is 0 Å². The van der Waals surface area contributed by atoms with Gasteiger partial charge < -0.3 is 4.90 Å². The van der Waals surface area contributed by atoms with E-state index in [9.17, 15) is 4.39 Å². The number of aromatic nitrogens is 1. The molecule has 3 nitrogen and oxygen atoms in total. The van der Waals surface area contributed by atoms with Crippen LogP contribution in [0.15, 0.2) is 42.7 Å². The maximum Gasteiger partial charge on any atom is 0.164 e. The number of fused-ring (bicyclic) bond motifs is 1. The normalized spacial score (nSPS) is 27.4. The van der Waals surface area contributed by atoms with E-state index < -0.39 is 0 Å². The molecule has 23 heavy (non-hydrogen) atoms. The zero-order chi connectivity index (χ0) is 16.0. The van der Waals surface area contributed by atoms with Crippen molar-refractivity contribution in [3.05, 3.63) is 59.7 Å². The first-order valence-corrected chi connectivity index (χ1v) is 8.25. The third-order valence-electron chi connectivity index (χ3n) is 5.49. The molecule has 0 amide bonds. The van der Waals surface area contributed by atoms with Crippen LogP contribution < -0.4 is 4.90 Å². The van der Waals surface area contributed by atoms with Crippen LogP contribution >= 0.6 is 0 Å². The van der Waals surface area contributed by atoms with E-state index in [0.717, 1.165) is 19.6 Å². The number of nitrogens with zero attached hydrogens (tertiary/aromatic N) is 3. The lowest BCUT2D eigenvalue weighted by Crippen LogP contribution is -2.29. The molecule has 4 heteroatoms. The third kappa shape index (κ3) is 2.41. The summed E-state index contributed by atoms with van der Waals surface area (Å²) in [5, 5.41) is 0. The molecule has 2 fully saturated rings. The van der Waals surface area contributed by atoms with Gasteiger partial charge in [-0.3, -0.25) is 9.88 Å². The highest BCUT2D eigenvalue weighted by molar-refractivity contribution is 5.48. The van der Waals surface area contributed by atoms with Crippen molar-refractivity contribution in [2.75, 3.05) is 31.6 Å². The van der Waals surface area contributed by atoms with Gasteiger partial charge in [-0.05, 0) is 37.1 Å². The van der Waals surface area contributed by atoms with E-state index in [2.05, 4.69) is 53.0 Å². The average Bonchev–Trinajstić information content (AvgIpc) is 3.05. The van der Waals surface area contributed by atoms with E-state index in [1.165, 1.54) is 17.3 Å². The lowest BCUT2D eigenvalue weighted by Gasteiger charge is -2.28. The van der Waals surface area contributed by atoms with Crippen molar-refractivity contribution in [2.45, 2.75) is 13.0 Å². The molecule has 2 aliphatic heterocycles. The summed E-state index contributed by atoms with van der Waals surface area (Å²) in [6, 6.07) is 10.9. The second-order valence-corrected chi connectivity index (χ2v) is 6.90. The van der Waals surface area contributed by atoms with Gasteiger partial charge in [0.25, 0.3) is 0 Å². The third-order valence-corrected chi connectivity index (χ3v) is 5.49. The van der Waals surface area contributed by atoms with Crippen LogP contribution in [0.5, 0.6) is 0 Å². The largest absolute Gasteiger partial charge is 0.368 e. The number of benzene rings is 1. The van der Waals surface area contributed by atoms with E-state index in [1.807, 2.05) is 0 Å². The fraction of sp³-hybridized carbons (Fsp3) is 0.421. The minimum atomic E-state index is -0.215. The molecule has 3 heterocycles. The Morgan fingerprint density at radius 1 is 1.13 bits per heavy atom. The number of likely N-dealkylation sites (tertiary alicyclic amines) is 1. The fourth-order valence-corrected chi connectivity index (χ4v) is 4.47. The highest BCUT2D eigenvalue weighted by Crippen LogP contribution is 2.45. The van der Waals surface area contributed by atoms with E-state index in [4.69, 9.17) is 0 Å². The molecule has 4 rings (SSSR count). The molecule has 1 aromatic carbocycles. The zero-order valence-electron chi connectivity index (χ0n) is 13.6. The number of pyridine rings is 1. The number of halogens is 1. The standard InChI is InChI=1S/C19H22FN3/c1-13-5-3-4-6-15(13)19-16-12-23(11-14(16)10-22(19)2)18-7-8-21-9-17(18)20/h3-9,14,16,19H,10-12H2,1-2H3/t14-,16+,19+/m0/s1. The Labute approximate surface area is 136 Å². The summed E-state index contributed by atoms with van der Waals surface area (Å²) < 4.78 is 14.1. The van der Waals surface area contributed by atoms with Crippen LogP contribution in [0.1, 0.15) is 17.2 Å². The molecule has 2 saturated heterocycles. The molecule has 0 N–H and O–H groups in total. The van der Waals surface area contributed by atoms with Crippen molar-refractivity contribution in [1.82, 2.24) is 9.88 Å². The van der Waals surface area contributed by atoms with Crippen LogP contribution in [-0.4, -0.2) is 36.6 Å². The van der Waals surface area contributed by atoms with Crippen LogP contribution in [0.3, 0.4) is 0 Å². The average molecular weight is 311 g/mol. The number of aryl methyl sites for hydroxylation is 1. The number of rotatable bonds is 2. The smallest absolute Gasteiger partial charge is 0.164 e. The second kappa shape index (κ2) is 5.60. The molecule has 3 atom stereocenters. The Morgan fingerprint density at radius 2 is 1.96 bits per heavy atom. The summed E-state index contributed by atoms with van der Waals surface area (Å²) in [5.41, 5.74) is 3.46. The van der Waals surface area contributed by atoms with Crippen molar-refractivity contribution in [1.29, 1.82) is 0 Å². The van der Waals surface area contributed by atoms with Gasteiger partial charge in [-0.2, -0.15) is 0 Å². The van der Waals surface area contributed by atoms with Gasteiger partial charge in [0.15, 0.2) is 5.82 Å². The van der Waals surface area contributed by atoms with Crippen molar-refractivity contribution in [2.24, 2.45) is 11.8 Å². The van der Waals surface area contributed by atoms with Crippen molar-refractivity contribution in [3.8, 4) is 0 Å². The van der Waals surface area contributed by atoms with E-state index in [1.54, 1.807) is 12.3 Å². The first-order chi connectivity index (χ1) is 11.1. The monoisotopic (exact) mass is 311 g/mol. The Bertz CT molecular complexity index is 717. The van der Waals surface area contributed by atoms with E-state index >= 15 is 0 Å². The Kier molecular flexibility index (Phi) is 3.57. The molecule has 2 aromatic rings. The van der Waals surface area contributed by atoms with Crippen LogP contribution in [-0.2, 0) is 0 Å². The molecule has 0 aliphatic carbocycles. The molecule has 120 valence electrons. The van der Waals surface area contributed by atoms with Gasteiger partial charge in [0.1, 0.15) is 0 Å². The first kappa shape index (κ1) is 14.6. The minimum absolute atomic E-state index is 0.215. The van der Waals surface area contributed by atoms with Gasteiger partial charge in [0.2, 0.25) is 0 Å². The van der Waals surface area contributed by atoms with E-state index in [0.29, 0.717) is 23.6 Å². The second-order valence-electron chi connectivity index (χ2n) is 6.90. The van der Waals surface area contributed by atoms with Crippen LogP contribution in [0.2, 0.25) is 0 Å². The van der Waals surface area contributed by atoms with Gasteiger partial charge in [0, 0.05) is 37.8 Å². The summed E-state index contributed by atoms with van der Waals surface area (Å²) in [6.45, 7) is 5.10. The van der Waals surface area contributed by atoms with Gasteiger partial charge in [0.05, 0.1) is 11.9 Å². The lowest BCUT2D eigenvalue weighted by atomic mass is 9.88. The predicted octanol–water partition coefficient (Wildman–Crippen LogP) is 3.27. The van der Waals surface area contributed by atoms with Gasteiger partial charge in [-0.1, -0.05) is 24.3 Å². The summed E-state index contributed by atoms with van der Waals surface area (Å²) in [7, 11) is 2.22. The number of anilines is 1. The molecule has 0 radical (unpaired) electrons. The lowest BCUT2D eigenvalue weighted by molar-refractivity contribution is 0.279. The van der Waals surface area contributed by atoms with Crippen molar-refractivity contribution in [3.63, 3.8) is 0 Å². The fourth-order valence-electron chi connectivity index (χ4n) is 4.47. The van der Waals surface area contributed by atoms with Crippen molar-refractivity contribution >= 4 is 5.69 Å². The summed E-state index contributed by atoms with van der Waals surface area (Å²) in [5.74, 6) is 0.930. The first-order valence-electron chi connectivity index (χ1n) is 8.25. The molecule has 0 bridgehead atoms. The minimum Gasteiger partial charge on any atom is -0.368 e. The van der Waals surface area contributed by atoms with E-state index in [-0.39, 0.29) is 5.82 Å². The highest BCUT2D eigenvalue weighted by atomic mass is 19.1. The summed E-state index contributed by atoms with van der Waals surface area (Å²) >= 11 is 0. The summed E-state index contributed by atoms with van der Waals surface area (Å²) in [4.78, 5) is 8.53. The summed E-state index contributed by atoms with van der Waals surface area (Å²) in [6.07, 6.45) is 2.99. The number of hydrogen-bond donors (Lipinski definition) is 0. The molecule has 1 aromatic heterocycles. The maximum absolute atomic E-state index is 14.1. The highest BCUT2D eigenvalue weighted by Gasteiger charge is 2.46. The quantitative estimate of drug-likeness (QED) is 0.848. The SMILES string of the molecule is Cc1ccccc1[C@@H]1[C@@H]2CN(c3ccncc3F)C[C@@H]2CN1C. The topological polar surface area (TPSA) is 19.4 Å². The number of hydrogen-bond acceptors (Lipinski definition) is 3. The molecule has 0 unspecified atom stereocenters. The van der Waals surface area contributed by atoms with Crippen LogP contribution in [0.4, 0.5) is 10.1 Å². The van der Waals surface area contributed by atoms with Crippen LogP contribution in [0, 0.1) is 24.6 Å². The molecule has 0 spiro atoms. The predicted molar refractivity (Wildman–Crippen MR) is 89.9 cm³/mol. The van der Waals surface area contributed by atoms with Crippen molar-refractivity contribution < 1.29 is 4.39 Å². The Morgan fingerprint density at radius 3 is 2.74 bits per heavy atom. The van der Waals surface area contributed by atoms with Gasteiger partial charge in [-0.25, -0.2) is 4.39 Å². The van der Waals surface area contributed by atoms with Crippen LogP contribution in [0.25, 0.3) is 0 Å². The molecular weight excluding hydrogens is 289 g/mol. The zero-order valence-corrected chi connectivity index (χ0v) is 13.6.